The highest BCUT2D eigenvalue weighted by atomic mass is 16.6. The molecule has 2 rings (SSSR count). The smallest absolute Gasteiger partial charge is 0.269 e. The number of nitrogens with one attached hydrogen (secondary N) is 2. The highest BCUT2D eigenvalue weighted by molar-refractivity contribution is 6.39. The van der Waals surface area contributed by atoms with E-state index in [1.165, 1.54) is 6.42 Å². The van der Waals surface area contributed by atoms with Crippen LogP contribution in [-0.4, -0.2) is 36.2 Å². The summed E-state index contributed by atoms with van der Waals surface area (Å²) in [6.45, 7) is 4.64. The molecule has 2 amide bonds. The summed E-state index contributed by atoms with van der Waals surface area (Å²) in [7, 11) is 0. The van der Waals surface area contributed by atoms with Crippen LogP contribution in [0.1, 0.15) is 52.4 Å². The van der Waals surface area contributed by atoms with Crippen LogP contribution < -0.4 is 10.6 Å². The number of hydrogen-bond donors (Lipinski definition) is 2. The molecule has 0 radical (unpaired) electrons. The van der Waals surface area contributed by atoms with Gasteiger partial charge in [0, 0.05) is 19.0 Å². The van der Waals surface area contributed by atoms with Gasteiger partial charge in [-0.25, -0.2) is 0 Å². The number of rotatable bonds is 5. The average molecular weight is 295 g/mol. The molecule has 0 aromatic rings. The van der Waals surface area contributed by atoms with E-state index < -0.39 is 6.10 Å². The molecular formula is C15H25N3O3. The molecule has 118 valence electrons. The van der Waals surface area contributed by atoms with Crippen LogP contribution in [0.15, 0.2) is 5.16 Å². The topological polar surface area (TPSA) is 79.8 Å². The molecular weight excluding hydrogens is 270 g/mol. The number of amides is 2. The average Bonchev–Trinajstić information content (AvgIpc) is 2.95. The molecule has 0 aromatic heterocycles. The van der Waals surface area contributed by atoms with Gasteiger partial charge in [0.1, 0.15) is 5.71 Å². The molecule has 2 N–H and O–H groups in total. The summed E-state index contributed by atoms with van der Waals surface area (Å²) in [5, 5.41) is 9.54. The Kier molecular flexibility index (Phi) is 5.59. The number of nitrogens with zero attached hydrogens (tertiary/aromatic N) is 1. The van der Waals surface area contributed by atoms with Crippen molar-refractivity contribution in [3.8, 4) is 0 Å². The van der Waals surface area contributed by atoms with E-state index in [0.717, 1.165) is 25.7 Å². The van der Waals surface area contributed by atoms with Gasteiger partial charge in [-0.2, -0.15) is 0 Å². The van der Waals surface area contributed by atoms with Gasteiger partial charge >= 0.3 is 0 Å². The second-order valence-electron chi connectivity index (χ2n) is 6.28. The van der Waals surface area contributed by atoms with Gasteiger partial charge < -0.3 is 15.5 Å². The molecule has 21 heavy (non-hydrogen) atoms. The Morgan fingerprint density at radius 1 is 1.29 bits per heavy atom. The normalized spacial score (nSPS) is 22.6. The predicted molar refractivity (Wildman–Crippen MR) is 79.8 cm³/mol. The first-order valence-electron chi connectivity index (χ1n) is 7.87. The highest BCUT2D eigenvalue weighted by Crippen LogP contribution is 2.18. The van der Waals surface area contributed by atoms with Gasteiger partial charge in [0.25, 0.3) is 11.8 Å². The van der Waals surface area contributed by atoms with E-state index in [0.29, 0.717) is 18.2 Å². The second-order valence-corrected chi connectivity index (χ2v) is 6.28. The van der Waals surface area contributed by atoms with Crippen LogP contribution in [0.3, 0.4) is 0 Å². The zero-order valence-corrected chi connectivity index (χ0v) is 12.9. The number of carbonyl (C=O) groups excluding carboxylic acids is 2. The van der Waals surface area contributed by atoms with Gasteiger partial charge in [-0.15, -0.1) is 0 Å². The first-order valence-corrected chi connectivity index (χ1v) is 7.87. The van der Waals surface area contributed by atoms with Crippen LogP contribution in [0.4, 0.5) is 0 Å². The van der Waals surface area contributed by atoms with Crippen molar-refractivity contribution >= 4 is 17.5 Å². The van der Waals surface area contributed by atoms with Crippen molar-refractivity contribution in [1.29, 1.82) is 0 Å². The fraction of sp³-hybridized carbons (Fsp3) is 0.800. The molecule has 0 spiro atoms. The lowest BCUT2D eigenvalue weighted by Crippen LogP contribution is -2.43. The monoisotopic (exact) mass is 295 g/mol. The van der Waals surface area contributed by atoms with E-state index in [-0.39, 0.29) is 24.3 Å². The number of hydrogen-bond acceptors (Lipinski definition) is 4. The number of oxime groups is 1. The number of carbonyl (C=O) groups is 2. The molecule has 0 aromatic carbocycles. The van der Waals surface area contributed by atoms with Gasteiger partial charge in [-0.05, 0) is 18.8 Å². The molecule has 6 nitrogen and oxygen atoms in total. The summed E-state index contributed by atoms with van der Waals surface area (Å²) >= 11 is 0. The summed E-state index contributed by atoms with van der Waals surface area (Å²) in [4.78, 5) is 29.1. The molecule has 1 atom stereocenters. The SMILES string of the molecule is CC(C)CNC(=O)C1=NOC(C(=O)NC2CCCCC2)C1. The van der Waals surface area contributed by atoms with Crippen molar-refractivity contribution in [1.82, 2.24) is 10.6 Å². The molecule has 0 saturated heterocycles. The third kappa shape index (κ3) is 4.72. The van der Waals surface area contributed by atoms with E-state index in [9.17, 15) is 9.59 Å². The fourth-order valence-corrected chi connectivity index (χ4v) is 2.59. The lowest BCUT2D eigenvalue weighted by molar-refractivity contribution is -0.132. The van der Waals surface area contributed by atoms with Gasteiger partial charge in [0.05, 0.1) is 0 Å². The maximum atomic E-state index is 12.1. The Bertz CT molecular complexity index is 414. The molecule has 1 unspecified atom stereocenters. The lowest BCUT2D eigenvalue weighted by atomic mass is 9.95. The molecule has 0 bridgehead atoms. The minimum atomic E-state index is -0.660. The van der Waals surface area contributed by atoms with Crippen molar-refractivity contribution in [3.63, 3.8) is 0 Å². The summed E-state index contributed by atoms with van der Waals surface area (Å²) in [6, 6.07) is 0.244. The lowest BCUT2D eigenvalue weighted by Gasteiger charge is -2.23. The fourth-order valence-electron chi connectivity index (χ4n) is 2.59. The molecule has 1 aliphatic carbocycles. The summed E-state index contributed by atoms with van der Waals surface area (Å²) in [6.07, 6.45) is 5.22. The van der Waals surface area contributed by atoms with Gasteiger partial charge in [-0.1, -0.05) is 38.3 Å². The minimum absolute atomic E-state index is 0.155. The Hall–Kier alpha value is -1.59. The van der Waals surface area contributed by atoms with E-state index in [4.69, 9.17) is 4.84 Å². The van der Waals surface area contributed by atoms with Crippen molar-refractivity contribution in [2.24, 2.45) is 11.1 Å². The predicted octanol–water partition coefficient (Wildman–Crippen LogP) is 1.35. The second kappa shape index (κ2) is 7.43. The van der Waals surface area contributed by atoms with Crippen LogP contribution in [0.25, 0.3) is 0 Å². The van der Waals surface area contributed by atoms with Crippen LogP contribution >= 0.6 is 0 Å². The first-order chi connectivity index (χ1) is 10.1. The molecule has 1 aliphatic heterocycles. The summed E-state index contributed by atoms with van der Waals surface area (Å²) < 4.78 is 0. The largest absolute Gasteiger partial charge is 0.382 e. The molecule has 6 heteroatoms. The van der Waals surface area contributed by atoms with E-state index in [2.05, 4.69) is 15.8 Å². The Morgan fingerprint density at radius 2 is 2.00 bits per heavy atom. The van der Waals surface area contributed by atoms with Crippen molar-refractivity contribution in [2.75, 3.05) is 6.54 Å². The Balaban J connectivity index is 1.75. The van der Waals surface area contributed by atoms with Gasteiger partial charge in [-0.3, -0.25) is 9.59 Å². The van der Waals surface area contributed by atoms with Gasteiger partial charge in [0.2, 0.25) is 6.10 Å². The van der Waals surface area contributed by atoms with Crippen LogP contribution in [0, 0.1) is 5.92 Å². The zero-order valence-electron chi connectivity index (χ0n) is 12.9. The van der Waals surface area contributed by atoms with E-state index >= 15 is 0 Å². The Labute approximate surface area is 125 Å². The zero-order chi connectivity index (χ0) is 15.2. The molecule has 1 heterocycles. The quantitative estimate of drug-likeness (QED) is 0.803. The summed E-state index contributed by atoms with van der Waals surface area (Å²) in [5.41, 5.74) is 0.305. The summed E-state index contributed by atoms with van der Waals surface area (Å²) in [5.74, 6) is -0.0174. The molecule has 2 aliphatic rings. The first kappa shape index (κ1) is 15.8. The van der Waals surface area contributed by atoms with Gasteiger partial charge in [0.15, 0.2) is 0 Å². The van der Waals surface area contributed by atoms with Crippen molar-refractivity contribution in [3.05, 3.63) is 0 Å². The maximum Gasteiger partial charge on any atom is 0.269 e. The van der Waals surface area contributed by atoms with Crippen LogP contribution in [0.5, 0.6) is 0 Å². The molecule has 1 saturated carbocycles. The maximum absolute atomic E-state index is 12.1. The highest BCUT2D eigenvalue weighted by Gasteiger charge is 2.32. The molecule has 1 fully saturated rings. The van der Waals surface area contributed by atoms with E-state index in [1.807, 2.05) is 13.8 Å². The van der Waals surface area contributed by atoms with Crippen molar-refractivity contribution < 1.29 is 14.4 Å². The standard InChI is InChI=1S/C15H25N3O3/c1-10(2)9-16-14(19)12-8-13(21-18-12)15(20)17-11-6-4-3-5-7-11/h10-11,13H,3-9H2,1-2H3,(H,16,19)(H,17,20). The van der Waals surface area contributed by atoms with Crippen LogP contribution in [-0.2, 0) is 14.4 Å². The third-order valence-corrected chi connectivity index (χ3v) is 3.85. The van der Waals surface area contributed by atoms with E-state index in [1.54, 1.807) is 0 Å². The third-order valence-electron chi connectivity index (χ3n) is 3.85. The van der Waals surface area contributed by atoms with Crippen molar-refractivity contribution in [2.45, 2.75) is 64.5 Å². The van der Waals surface area contributed by atoms with Crippen LogP contribution in [0.2, 0.25) is 0 Å². The Morgan fingerprint density at radius 3 is 2.67 bits per heavy atom. The minimum Gasteiger partial charge on any atom is -0.382 e.